The van der Waals surface area contributed by atoms with Crippen LogP contribution in [0.2, 0.25) is 0 Å². The molecule has 0 unspecified atom stereocenters. The quantitative estimate of drug-likeness (QED) is 0.413. The third-order valence-electron chi connectivity index (χ3n) is 0.987. The fourth-order valence-corrected chi connectivity index (χ4v) is 0.545. The summed E-state index contributed by atoms with van der Waals surface area (Å²) in [4.78, 5) is 0. The van der Waals surface area contributed by atoms with Gasteiger partial charge in [-0.15, -0.1) is 0 Å². The Morgan fingerprint density at radius 2 is 1.67 bits per heavy atom. The first-order valence-corrected chi connectivity index (χ1v) is 2.97. The number of nitrogens with zero attached hydrogens (tertiary/aromatic N) is 1. The molecular weight excluding hydrogens is 125 g/mol. The Morgan fingerprint density at radius 3 is 1.78 bits per heavy atom. The Balaban J connectivity index is 0. The van der Waals surface area contributed by atoms with Crippen LogP contribution in [-0.2, 0) is 0 Å². The summed E-state index contributed by atoms with van der Waals surface area (Å²) in [6, 6.07) is 0. The maximum atomic E-state index is 8.42. The molecule has 0 saturated heterocycles. The van der Waals surface area contributed by atoms with Crippen LogP contribution in [0.1, 0.15) is 6.42 Å². The number of hydrogen-bond acceptors (Lipinski definition) is 1. The molecule has 0 aromatic rings. The van der Waals surface area contributed by atoms with Gasteiger partial charge in [-0.2, -0.15) is 0 Å². The Kier molecular flexibility index (Phi) is 7.95. The molecule has 3 heteroatoms. The second-order valence-corrected chi connectivity index (χ2v) is 3.09. The minimum absolute atomic E-state index is 0. The van der Waals surface area contributed by atoms with E-state index in [4.69, 9.17) is 5.11 Å². The van der Waals surface area contributed by atoms with Crippen molar-refractivity contribution in [3.63, 3.8) is 0 Å². The molecule has 0 aromatic heterocycles. The predicted molar refractivity (Wildman–Crippen MR) is 41.8 cm³/mol. The molecule has 0 radical (unpaired) electrons. The van der Waals surface area contributed by atoms with Crippen LogP contribution in [0.15, 0.2) is 0 Å². The van der Waals surface area contributed by atoms with Gasteiger partial charge in [0.05, 0.1) is 27.7 Å². The van der Waals surface area contributed by atoms with Crippen molar-refractivity contribution < 1.29 is 9.59 Å². The molecule has 0 aromatic carbocycles. The van der Waals surface area contributed by atoms with Gasteiger partial charge in [0, 0.05) is 13.0 Å². The molecule has 0 heterocycles. The van der Waals surface area contributed by atoms with Gasteiger partial charge in [-0.1, -0.05) is 0 Å². The monoisotopic (exact) mass is 142 g/mol. The Bertz CT molecular complexity index is 60.6. The zero-order valence-corrected chi connectivity index (χ0v) is 6.02. The van der Waals surface area contributed by atoms with Crippen LogP contribution in [0.25, 0.3) is 0 Å². The molecule has 9 heavy (non-hydrogen) atoms. The van der Waals surface area contributed by atoms with E-state index in [2.05, 4.69) is 21.1 Å². The van der Waals surface area contributed by atoms with E-state index in [-0.39, 0.29) is 29.6 Å². The summed E-state index contributed by atoms with van der Waals surface area (Å²) < 4.78 is 0.945. The van der Waals surface area contributed by atoms with Crippen LogP contribution in [0.5, 0.6) is 0 Å². The first kappa shape index (κ1) is 12.6. The number of quaternary nitrogens is 1. The molecular formula is C6H17NNaO+. The third kappa shape index (κ3) is 12.2. The van der Waals surface area contributed by atoms with E-state index < -0.39 is 0 Å². The Hall–Kier alpha value is 0.920. The average molecular weight is 142 g/mol. The van der Waals surface area contributed by atoms with Crippen LogP contribution in [0, 0.1) is 0 Å². The van der Waals surface area contributed by atoms with Crippen molar-refractivity contribution in [2.24, 2.45) is 0 Å². The van der Waals surface area contributed by atoms with E-state index in [1.54, 1.807) is 0 Å². The van der Waals surface area contributed by atoms with Crippen molar-refractivity contribution in [1.29, 1.82) is 0 Å². The molecule has 0 amide bonds. The predicted octanol–water partition coefficient (Wildman–Crippen LogP) is -0.574. The van der Waals surface area contributed by atoms with Gasteiger partial charge in [-0.05, 0) is 0 Å². The number of rotatable bonds is 3. The van der Waals surface area contributed by atoms with Crippen LogP contribution >= 0.6 is 0 Å². The molecule has 0 spiro atoms. The standard InChI is InChI=1S/C6H16NO.Na.H/c1-7(2,3)5-4-6-8;;/h8H,4-6H2,1-3H3;;/q+1;;. The fraction of sp³-hybridized carbons (Fsp3) is 1.00. The van der Waals surface area contributed by atoms with Gasteiger partial charge in [-0.25, -0.2) is 0 Å². The van der Waals surface area contributed by atoms with Gasteiger partial charge in [0.2, 0.25) is 0 Å². The SMILES string of the molecule is C[N+](C)(C)CCCO.[NaH]. The summed E-state index contributed by atoms with van der Waals surface area (Å²) in [6.07, 6.45) is 0.906. The van der Waals surface area contributed by atoms with E-state index in [0.29, 0.717) is 6.61 Å². The van der Waals surface area contributed by atoms with E-state index >= 15 is 0 Å². The summed E-state index contributed by atoms with van der Waals surface area (Å²) in [5.74, 6) is 0. The number of aliphatic hydroxyl groups is 1. The molecule has 0 saturated carbocycles. The Morgan fingerprint density at radius 1 is 1.22 bits per heavy atom. The maximum absolute atomic E-state index is 8.42. The van der Waals surface area contributed by atoms with Crippen molar-refractivity contribution in [3.8, 4) is 0 Å². The molecule has 0 aliphatic rings. The molecule has 0 aliphatic carbocycles. The van der Waals surface area contributed by atoms with Crippen molar-refractivity contribution >= 4 is 29.6 Å². The van der Waals surface area contributed by atoms with Crippen molar-refractivity contribution in [3.05, 3.63) is 0 Å². The van der Waals surface area contributed by atoms with Crippen LogP contribution in [0.4, 0.5) is 0 Å². The molecule has 52 valence electrons. The molecule has 0 aliphatic heterocycles. The van der Waals surface area contributed by atoms with Crippen molar-refractivity contribution in [2.45, 2.75) is 6.42 Å². The number of hydrogen-bond donors (Lipinski definition) is 1. The molecule has 0 bridgehead atoms. The normalized spacial score (nSPS) is 10.7. The Labute approximate surface area is 79.7 Å². The third-order valence-corrected chi connectivity index (χ3v) is 0.987. The average Bonchev–Trinajstić information content (AvgIpc) is 1.59. The minimum atomic E-state index is 0. The van der Waals surface area contributed by atoms with Gasteiger partial charge < -0.3 is 9.59 Å². The van der Waals surface area contributed by atoms with Gasteiger partial charge in [0.15, 0.2) is 0 Å². The molecule has 0 fully saturated rings. The van der Waals surface area contributed by atoms with Gasteiger partial charge in [0.1, 0.15) is 0 Å². The first-order valence-electron chi connectivity index (χ1n) is 2.97. The van der Waals surface area contributed by atoms with Gasteiger partial charge in [0.25, 0.3) is 0 Å². The molecule has 1 N–H and O–H groups in total. The van der Waals surface area contributed by atoms with Crippen LogP contribution in [-0.4, -0.2) is 73.4 Å². The van der Waals surface area contributed by atoms with Crippen LogP contribution < -0.4 is 0 Å². The number of aliphatic hydroxyl groups excluding tert-OH is 1. The summed E-state index contributed by atoms with van der Waals surface area (Å²) in [5.41, 5.74) is 0. The topological polar surface area (TPSA) is 20.2 Å². The summed E-state index contributed by atoms with van der Waals surface area (Å²) in [5, 5.41) is 8.42. The molecule has 2 nitrogen and oxygen atoms in total. The van der Waals surface area contributed by atoms with Gasteiger partial charge in [-0.3, -0.25) is 0 Å². The zero-order valence-electron chi connectivity index (χ0n) is 6.02. The summed E-state index contributed by atoms with van der Waals surface area (Å²) in [7, 11) is 6.36. The van der Waals surface area contributed by atoms with E-state index in [9.17, 15) is 0 Å². The van der Waals surface area contributed by atoms with Gasteiger partial charge >= 0.3 is 29.6 Å². The van der Waals surface area contributed by atoms with E-state index in [1.165, 1.54) is 0 Å². The molecule has 0 atom stereocenters. The van der Waals surface area contributed by atoms with E-state index in [0.717, 1.165) is 17.4 Å². The van der Waals surface area contributed by atoms with Crippen LogP contribution in [0.3, 0.4) is 0 Å². The second kappa shape index (κ2) is 5.69. The summed E-state index contributed by atoms with van der Waals surface area (Å²) >= 11 is 0. The first-order chi connectivity index (χ1) is 3.56. The van der Waals surface area contributed by atoms with E-state index in [1.807, 2.05) is 0 Å². The second-order valence-electron chi connectivity index (χ2n) is 3.09. The van der Waals surface area contributed by atoms with Crippen molar-refractivity contribution in [1.82, 2.24) is 0 Å². The fourth-order valence-electron chi connectivity index (χ4n) is 0.545. The summed E-state index contributed by atoms with van der Waals surface area (Å²) in [6.45, 7) is 1.37. The van der Waals surface area contributed by atoms with Crippen molar-refractivity contribution in [2.75, 3.05) is 34.3 Å². The molecule has 0 rings (SSSR count). The zero-order chi connectivity index (χ0) is 6.62.